The van der Waals surface area contributed by atoms with Crippen molar-refractivity contribution in [3.63, 3.8) is 0 Å². The van der Waals surface area contributed by atoms with Gasteiger partial charge in [0, 0.05) is 0 Å². The quantitative estimate of drug-likeness (QED) is 0.434. The highest BCUT2D eigenvalue weighted by atomic mass is 28.4. The lowest BCUT2D eigenvalue weighted by atomic mass is 10.2. The van der Waals surface area contributed by atoms with Crippen LogP contribution < -0.4 is 0 Å². The fourth-order valence-electron chi connectivity index (χ4n) is 1.17. The molecule has 4 heteroatoms. The van der Waals surface area contributed by atoms with E-state index < -0.39 is 8.32 Å². The van der Waals surface area contributed by atoms with Crippen molar-refractivity contribution >= 4 is 14.3 Å². The number of esters is 1. The third-order valence-corrected chi connectivity index (χ3v) is 7.83. The maximum absolute atomic E-state index is 11.1. The maximum atomic E-state index is 11.1. The van der Waals surface area contributed by atoms with Crippen LogP contribution in [0.2, 0.25) is 18.1 Å². The average Bonchev–Trinajstić information content (AvgIpc) is 2.13. The van der Waals surface area contributed by atoms with Gasteiger partial charge in [-0.25, -0.2) is 0 Å². The Hall–Kier alpha value is -0.613. The molecular formula is C12H22O3Si. The van der Waals surface area contributed by atoms with E-state index in [1.807, 2.05) is 12.2 Å². The molecule has 1 heterocycles. The first-order valence-electron chi connectivity index (χ1n) is 5.72. The van der Waals surface area contributed by atoms with E-state index in [-0.39, 0.29) is 17.1 Å². The molecule has 0 aromatic heterocycles. The lowest BCUT2D eigenvalue weighted by Crippen LogP contribution is -2.43. The second-order valence-electron chi connectivity index (χ2n) is 5.73. The Morgan fingerprint density at radius 2 is 2.12 bits per heavy atom. The van der Waals surface area contributed by atoms with Crippen molar-refractivity contribution in [2.45, 2.75) is 51.4 Å². The van der Waals surface area contributed by atoms with Gasteiger partial charge in [0.1, 0.15) is 6.10 Å². The molecule has 0 aromatic rings. The van der Waals surface area contributed by atoms with Crippen LogP contribution in [-0.2, 0) is 14.0 Å². The Labute approximate surface area is 99.0 Å². The van der Waals surface area contributed by atoms with Gasteiger partial charge in [-0.1, -0.05) is 26.8 Å². The van der Waals surface area contributed by atoms with Crippen LogP contribution in [0.25, 0.3) is 0 Å². The zero-order chi connectivity index (χ0) is 12.4. The van der Waals surface area contributed by atoms with Crippen molar-refractivity contribution in [3.8, 4) is 0 Å². The van der Waals surface area contributed by atoms with Gasteiger partial charge in [-0.3, -0.25) is 4.79 Å². The molecule has 1 rings (SSSR count). The van der Waals surface area contributed by atoms with Crippen LogP contribution in [0.15, 0.2) is 12.2 Å². The van der Waals surface area contributed by atoms with Gasteiger partial charge in [-0.05, 0) is 24.2 Å². The summed E-state index contributed by atoms with van der Waals surface area (Å²) in [5.74, 6) is -0.161. The van der Waals surface area contributed by atoms with Gasteiger partial charge in [-0.2, -0.15) is 0 Å². The van der Waals surface area contributed by atoms with Crippen molar-refractivity contribution in [3.05, 3.63) is 12.2 Å². The topological polar surface area (TPSA) is 35.5 Å². The summed E-state index contributed by atoms with van der Waals surface area (Å²) in [5, 5.41) is 0.190. The predicted molar refractivity (Wildman–Crippen MR) is 66.8 cm³/mol. The van der Waals surface area contributed by atoms with Crippen LogP contribution in [0.5, 0.6) is 0 Å². The van der Waals surface area contributed by atoms with Crippen molar-refractivity contribution in [2.75, 3.05) is 6.61 Å². The van der Waals surface area contributed by atoms with E-state index in [1.165, 1.54) is 0 Å². The van der Waals surface area contributed by atoms with Gasteiger partial charge < -0.3 is 9.16 Å². The highest BCUT2D eigenvalue weighted by molar-refractivity contribution is 6.74. The molecule has 0 saturated heterocycles. The molecule has 1 atom stereocenters. The number of cyclic esters (lactones) is 1. The molecule has 0 spiro atoms. The summed E-state index contributed by atoms with van der Waals surface area (Å²) in [7, 11) is -1.74. The third kappa shape index (κ3) is 3.45. The fourth-order valence-corrected chi connectivity index (χ4v) is 2.18. The first kappa shape index (κ1) is 13.5. The van der Waals surface area contributed by atoms with E-state index in [4.69, 9.17) is 9.16 Å². The highest BCUT2D eigenvalue weighted by Gasteiger charge is 2.37. The van der Waals surface area contributed by atoms with Crippen LogP contribution in [0, 0.1) is 0 Å². The number of ether oxygens (including phenoxy) is 1. The van der Waals surface area contributed by atoms with Gasteiger partial charge >= 0.3 is 5.97 Å². The first-order chi connectivity index (χ1) is 7.22. The Bertz CT molecular complexity index is 289. The summed E-state index contributed by atoms with van der Waals surface area (Å²) in [6.07, 6.45) is 3.95. The van der Waals surface area contributed by atoms with Crippen molar-refractivity contribution < 1.29 is 14.0 Å². The van der Waals surface area contributed by atoms with Gasteiger partial charge in [0.2, 0.25) is 0 Å². The van der Waals surface area contributed by atoms with E-state index in [1.54, 1.807) is 0 Å². The Morgan fingerprint density at radius 3 is 2.62 bits per heavy atom. The molecule has 0 saturated carbocycles. The molecule has 0 N–H and O–H groups in total. The van der Waals surface area contributed by atoms with E-state index in [9.17, 15) is 4.79 Å². The largest absolute Gasteiger partial charge is 0.455 e. The van der Waals surface area contributed by atoms with E-state index >= 15 is 0 Å². The Morgan fingerprint density at radius 1 is 1.50 bits per heavy atom. The van der Waals surface area contributed by atoms with Gasteiger partial charge in [0.15, 0.2) is 8.32 Å². The second kappa shape index (κ2) is 4.71. The summed E-state index contributed by atoms with van der Waals surface area (Å²) in [5.41, 5.74) is 0. The lowest BCUT2D eigenvalue weighted by molar-refractivity contribution is -0.148. The van der Waals surface area contributed by atoms with Gasteiger partial charge in [-0.15, -0.1) is 0 Å². The number of carbonyl (C=O) groups excluding carboxylic acids is 1. The molecule has 1 aliphatic rings. The van der Waals surface area contributed by atoms with E-state index in [0.717, 1.165) is 0 Å². The van der Waals surface area contributed by atoms with Crippen LogP contribution in [0.4, 0.5) is 0 Å². The minimum atomic E-state index is -1.74. The number of hydrogen-bond acceptors (Lipinski definition) is 3. The molecule has 0 radical (unpaired) electrons. The molecule has 0 unspecified atom stereocenters. The Kier molecular flexibility index (Phi) is 3.96. The minimum absolute atomic E-state index is 0.161. The monoisotopic (exact) mass is 242 g/mol. The van der Waals surface area contributed by atoms with Gasteiger partial charge in [0.25, 0.3) is 0 Å². The highest BCUT2D eigenvalue weighted by Crippen LogP contribution is 2.36. The predicted octanol–water partition coefficient (Wildman–Crippen LogP) is 2.88. The zero-order valence-corrected chi connectivity index (χ0v) is 11.9. The summed E-state index contributed by atoms with van der Waals surface area (Å²) < 4.78 is 11.2. The molecule has 3 nitrogen and oxygen atoms in total. The summed E-state index contributed by atoms with van der Waals surface area (Å²) in [4.78, 5) is 11.1. The molecule has 16 heavy (non-hydrogen) atoms. The minimum Gasteiger partial charge on any atom is -0.455 e. The van der Waals surface area contributed by atoms with Crippen molar-refractivity contribution in [1.82, 2.24) is 0 Å². The third-order valence-electron chi connectivity index (χ3n) is 3.33. The normalized spacial score (nSPS) is 22.1. The van der Waals surface area contributed by atoms with Crippen LogP contribution in [-0.4, -0.2) is 27.0 Å². The molecule has 0 aromatic carbocycles. The maximum Gasteiger partial charge on any atom is 0.310 e. The molecular weight excluding hydrogens is 220 g/mol. The van der Waals surface area contributed by atoms with Crippen LogP contribution in [0.1, 0.15) is 27.2 Å². The number of hydrogen-bond donors (Lipinski definition) is 0. The molecule has 0 fully saturated rings. The average molecular weight is 242 g/mol. The molecule has 1 aliphatic heterocycles. The fraction of sp³-hybridized carbons (Fsp3) is 0.750. The van der Waals surface area contributed by atoms with Crippen LogP contribution >= 0.6 is 0 Å². The van der Waals surface area contributed by atoms with E-state index in [0.29, 0.717) is 13.0 Å². The van der Waals surface area contributed by atoms with Crippen molar-refractivity contribution in [2.24, 2.45) is 0 Å². The smallest absolute Gasteiger partial charge is 0.310 e. The van der Waals surface area contributed by atoms with E-state index in [2.05, 4.69) is 33.9 Å². The summed E-state index contributed by atoms with van der Waals surface area (Å²) in [6.45, 7) is 11.5. The summed E-state index contributed by atoms with van der Waals surface area (Å²) in [6, 6.07) is 0. The van der Waals surface area contributed by atoms with Gasteiger partial charge in [0.05, 0.1) is 13.0 Å². The number of carbonyl (C=O) groups is 1. The molecule has 0 amide bonds. The SMILES string of the molecule is CC(C)(C)[Si](C)(C)OC[C@@H]1C=CCC(=O)O1. The molecule has 92 valence electrons. The van der Waals surface area contributed by atoms with Crippen LogP contribution in [0.3, 0.4) is 0 Å². The Balaban J connectivity index is 2.48. The zero-order valence-electron chi connectivity index (χ0n) is 10.9. The second-order valence-corrected chi connectivity index (χ2v) is 10.5. The standard InChI is InChI=1S/C12H22O3Si/c1-12(2,3)16(4,5)14-9-10-7-6-8-11(13)15-10/h6-7,10H,8-9H2,1-5H3/t10-/m0/s1. The van der Waals surface area contributed by atoms with Crippen molar-refractivity contribution in [1.29, 1.82) is 0 Å². The molecule has 0 aliphatic carbocycles. The lowest BCUT2D eigenvalue weighted by Gasteiger charge is -2.37. The first-order valence-corrected chi connectivity index (χ1v) is 8.63. The number of rotatable bonds is 3. The summed E-state index contributed by atoms with van der Waals surface area (Å²) >= 11 is 0. The molecule has 0 bridgehead atoms.